The lowest BCUT2D eigenvalue weighted by atomic mass is 9.80. The summed E-state index contributed by atoms with van der Waals surface area (Å²) in [7, 11) is 0. The second-order valence-electron chi connectivity index (χ2n) is 7.61. The topological polar surface area (TPSA) is 76.7 Å². The lowest BCUT2D eigenvalue weighted by molar-refractivity contribution is -0.130. The van der Waals surface area contributed by atoms with Crippen molar-refractivity contribution in [3.8, 4) is 0 Å². The molecule has 0 radical (unpaired) electrons. The molecular weight excluding hydrogens is 401 g/mol. The van der Waals surface area contributed by atoms with Crippen LogP contribution in [0, 0.1) is 11.3 Å². The maximum atomic E-state index is 13.0. The summed E-state index contributed by atoms with van der Waals surface area (Å²) in [5.74, 6) is 0.476. The van der Waals surface area contributed by atoms with Gasteiger partial charge in [-0.05, 0) is 5.56 Å². The average molecular weight is 430 g/mol. The Morgan fingerprint density at radius 1 is 1.25 bits per heavy atom. The molecule has 0 saturated carbocycles. The monoisotopic (exact) mass is 429 g/mol. The number of carbonyl (C=O) groups is 2. The van der Waals surface area contributed by atoms with E-state index in [4.69, 9.17) is 0 Å². The molecule has 7 nitrogen and oxygen atoms in total. The molecule has 0 aliphatic carbocycles. The summed E-state index contributed by atoms with van der Waals surface area (Å²) in [6.45, 7) is 6.75. The standard InChI is InChI=1S/C19H27N5O2.2ClH/c25-17(21-6-8-24-9-7-22-18(24)26)19-13-20-10-16(19)12-23(14-19)11-15-4-2-1-3-5-15;;/h1-5,16,20H,6-14H2,(H,21,25)(H,22,26);2*1H/t16-,19-;;/m1../s1. The van der Waals surface area contributed by atoms with E-state index in [2.05, 4.69) is 45.1 Å². The fourth-order valence-electron chi connectivity index (χ4n) is 4.51. The smallest absolute Gasteiger partial charge is 0.317 e. The number of hydrogen-bond donors (Lipinski definition) is 3. The summed E-state index contributed by atoms with van der Waals surface area (Å²) in [5.41, 5.74) is 0.943. The molecule has 3 aliphatic heterocycles. The molecule has 4 rings (SSSR count). The van der Waals surface area contributed by atoms with Gasteiger partial charge in [-0.2, -0.15) is 0 Å². The van der Waals surface area contributed by atoms with Crippen molar-refractivity contribution in [2.75, 3.05) is 52.4 Å². The van der Waals surface area contributed by atoms with Gasteiger partial charge in [0.1, 0.15) is 0 Å². The normalized spacial score (nSPS) is 26.2. The highest BCUT2D eigenvalue weighted by Crippen LogP contribution is 2.39. The molecule has 28 heavy (non-hydrogen) atoms. The van der Waals surface area contributed by atoms with Crippen molar-refractivity contribution < 1.29 is 9.59 Å². The number of fused-ring (bicyclic) bond motifs is 1. The summed E-state index contributed by atoms with van der Waals surface area (Å²) in [6, 6.07) is 10.4. The van der Waals surface area contributed by atoms with Crippen molar-refractivity contribution in [3.05, 3.63) is 35.9 Å². The molecule has 3 amide bonds. The fourth-order valence-corrected chi connectivity index (χ4v) is 4.51. The number of nitrogens with one attached hydrogen (secondary N) is 3. The zero-order chi connectivity index (χ0) is 18.0. The third kappa shape index (κ3) is 4.54. The maximum absolute atomic E-state index is 13.0. The predicted octanol–water partition coefficient (Wildman–Crippen LogP) is 0.693. The molecule has 3 fully saturated rings. The van der Waals surface area contributed by atoms with Crippen LogP contribution in [0.25, 0.3) is 0 Å². The van der Waals surface area contributed by atoms with Gasteiger partial charge in [-0.1, -0.05) is 30.3 Å². The van der Waals surface area contributed by atoms with Crippen LogP contribution in [0.1, 0.15) is 5.56 Å². The van der Waals surface area contributed by atoms with E-state index in [1.807, 2.05) is 6.07 Å². The molecule has 0 aromatic heterocycles. The van der Waals surface area contributed by atoms with E-state index in [0.29, 0.717) is 25.6 Å². The van der Waals surface area contributed by atoms with Gasteiger partial charge in [-0.15, -0.1) is 24.8 Å². The maximum Gasteiger partial charge on any atom is 0.317 e. The third-order valence-corrected chi connectivity index (χ3v) is 5.91. The van der Waals surface area contributed by atoms with Gasteiger partial charge in [0.2, 0.25) is 5.91 Å². The molecule has 3 heterocycles. The Hall–Kier alpha value is -1.54. The molecular formula is C19H29Cl2N5O2. The van der Waals surface area contributed by atoms with Gasteiger partial charge in [-0.3, -0.25) is 9.69 Å². The Kier molecular flexibility index (Phi) is 7.95. The molecule has 3 N–H and O–H groups in total. The number of hydrogen-bond acceptors (Lipinski definition) is 4. The molecule has 1 aromatic rings. The highest BCUT2D eigenvalue weighted by atomic mass is 35.5. The fraction of sp³-hybridized carbons (Fsp3) is 0.579. The first kappa shape index (κ1) is 22.7. The van der Waals surface area contributed by atoms with Crippen molar-refractivity contribution in [1.29, 1.82) is 0 Å². The van der Waals surface area contributed by atoms with Crippen molar-refractivity contribution in [2.24, 2.45) is 11.3 Å². The molecule has 9 heteroatoms. The van der Waals surface area contributed by atoms with E-state index in [9.17, 15) is 9.59 Å². The lowest BCUT2D eigenvalue weighted by Gasteiger charge is -2.27. The van der Waals surface area contributed by atoms with Crippen LogP contribution in [0.15, 0.2) is 30.3 Å². The summed E-state index contributed by atoms with van der Waals surface area (Å²) in [6.07, 6.45) is 0. The van der Waals surface area contributed by atoms with Gasteiger partial charge in [0.05, 0.1) is 5.41 Å². The minimum absolute atomic E-state index is 0. The van der Waals surface area contributed by atoms with E-state index in [1.165, 1.54) is 5.56 Å². The van der Waals surface area contributed by atoms with Gasteiger partial charge < -0.3 is 20.9 Å². The number of likely N-dealkylation sites (tertiary alicyclic amines) is 1. The molecule has 0 unspecified atom stereocenters. The van der Waals surface area contributed by atoms with Gasteiger partial charge in [0.15, 0.2) is 0 Å². The van der Waals surface area contributed by atoms with Gasteiger partial charge in [0.25, 0.3) is 0 Å². The zero-order valence-electron chi connectivity index (χ0n) is 15.9. The van der Waals surface area contributed by atoms with Gasteiger partial charge >= 0.3 is 6.03 Å². The Balaban J connectivity index is 0.00000140. The zero-order valence-corrected chi connectivity index (χ0v) is 17.5. The van der Waals surface area contributed by atoms with E-state index in [0.717, 1.165) is 39.3 Å². The van der Waals surface area contributed by atoms with Crippen molar-refractivity contribution >= 4 is 36.8 Å². The molecule has 3 aliphatic rings. The first-order valence-corrected chi connectivity index (χ1v) is 9.45. The molecule has 0 bridgehead atoms. The van der Waals surface area contributed by atoms with Crippen LogP contribution >= 0.6 is 24.8 Å². The largest absolute Gasteiger partial charge is 0.354 e. The van der Waals surface area contributed by atoms with E-state index < -0.39 is 0 Å². The number of urea groups is 1. The molecule has 2 atom stereocenters. The Morgan fingerprint density at radius 3 is 2.75 bits per heavy atom. The van der Waals surface area contributed by atoms with Crippen molar-refractivity contribution in [1.82, 2.24) is 25.8 Å². The van der Waals surface area contributed by atoms with Crippen LogP contribution in [0.4, 0.5) is 4.79 Å². The second-order valence-corrected chi connectivity index (χ2v) is 7.61. The van der Waals surface area contributed by atoms with Crippen LogP contribution in [0.2, 0.25) is 0 Å². The van der Waals surface area contributed by atoms with Crippen molar-refractivity contribution in [2.45, 2.75) is 6.54 Å². The molecule has 0 spiro atoms. The Labute approximate surface area is 178 Å². The summed E-state index contributed by atoms with van der Waals surface area (Å²) in [5, 5.41) is 9.28. The highest BCUT2D eigenvalue weighted by molar-refractivity contribution is 5.86. The number of nitrogens with zero attached hydrogens (tertiary/aromatic N) is 2. The number of halogens is 2. The van der Waals surface area contributed by atoms with Crippen LogP contribution in [-0.2, 0) is 11.3 Å². The number of carbonyl (C=O) groups excluding carboxylic acids is 2. The number of amides is 3. The first-order valence-electron chi connectivity index (χ1n) is 9.45. The van der Waals surface area contributed by atoms with E-state index in [1.54, 1.807) is 4.90 Å². The third-order valence-electron chi connectivity index (χ3n) is 5.91. The lowest BCUT2D eigenvalue weighted by Crippen LogP contribution is -2.49. The van der Waals surface area contributed by atoms with Crippen molar-refractivity contribution in [3.63, 3.8) is 0 Å². The number of rotatable bonds is 6. The summed E-state index contributed by atoms with van der Waals surface area (Å²) < 4.78 is 0. The molecule has 156 valence electrons. The van der Waals surface area contributed by atoms with Crippen LogP contribution in [0.5, 0.6) is 0 Å². The highest BCUT2D eigenvalue weighted by Gasteiger charge is 2.54. The Bertz CT molecular complexity index is 678. The van der Waals surface area contributed by atoms with E-state index in [-0.39, 0.29) is 42.2 Å². The minimum Gasteiger partial charge on any atom is -0.354 e. The average Bonchev–Trinajstić information content (AvgIpc) is 3.31. The number of benzene rings is 1. The first-order chi connectivity index (χ1) is 12.7. The second kappa shape index (κ2) is 9.78. The Morgan fingerprint density at radius 2 is 2.04 bits per heavy atom. The van der Waals surface area contributed by atoms with Crippen LogP contribution in [-0.4, -0.2) is 74.1 Å². The SMILES string of the molecule is Cl.Cl.O=C1NCCN1CCNC(=O)[C@@]12CNC[C@@H]1CN(Cc1ccccc1)C2. The summed E-state index contributed by atoms with van der Waals surface area (Å²) in [4.78, 5) is 28.7. The van der Waals surface area contributed by atoms with Crippen LogP contribution < -0.4 is 16.0 Å². The minimum atomic E-state index is -0.345. The molecule has 3 saturated heterocycles. The molecule has 1 aromatic carbocycles. The van der Waals surface area contributed by atoms with Gasteiger partial charge in [0, 0.05) is 64.8 Å². The predicted molar refractivity (Wildman–Crippen MR) is 113 cm³/mol. The quantitative estimate of drug-likeness (QED) is 0.621. The van der Waals surface area contributed by atoms with Crippen LogP contribution in [0.3, 0.4) is 0 Å². The summed E-state index contributed by atoms with van der Waals surface area (Å²) >= 11 is 0. The van der Waals surface area contributed by atoms with Gasteiger partial charge in [-0.25, -0.2) is 4.79 Å². The van der Waals surface area contributed by atoms with E-state index >= 15 is 0 Å².